The van der Waals surface area contributed by atoms with Gasteiger partial charge in [0.25, 0.3) is 5.91 Å². The molecular formula is C18H27N2O2+. The zero-order valence-corrected chi connectivity index (χ0v) is 13.3. The molecule has 120 valence electrons. The predicted molar refractivity (Wildman–Crippen MR) is 86.1 cm³/mol. The van der Waals surface area contributed by atoms with Crippen molar-refractivity contribution in [1.82, 2.24) is 4.90 Å². The van der Waals surface area contributed by atoms with Crippen molar-refractivity contribution in [3.8, 4) is 5.75 Å². The SMILES string of the molecule is O=C(COc1ccccc1)N1CCC([NH+]2CCCCC2)CC1. The third-order valence-corrected chi connectivity index (χ3v) is 5.03. The van der Waals surface area contributed by atoms with Gasteiger partial charge in [-0.15, -0.1) is 0 Å². The Morgan fingerprint density at radius 2 is 1.77 bits per heavy atom. The van der Waals surface area contributed by atoms with Gasteiger partial charge in [-0.25, -0.2) is 0 Å². The maximum atomic E-state index is 12.2. The molecule has 0 unspecified atom stereocenters. The largest absolute Gasteiger partial charge is 0.484 e. The second-order valence-electron chi connectivity index (χ2n) is 6.48. The molecule has 22 heavy (non-hydrogen) atoms. The number of hydrogen-bond donors (Lipinski definition) is 1. The van der Waals surface area contributed by atoms with Gasteiger partial charge < -0.3 is 14.5 Å². The van der Waals surface area contributed by atoms with Gasteiger partial charge in [0, 0.05) is 25.9 Å². The molecule has 1 aromatic rings. The second kappa shape index (κ2) is 7.63. The molecule has 0 bridgehead atoms. The van der Waals surface area contributed by atoms with Crippen molar-refractivity contribution >= 4 is 5.91 Å². The number of nitrogens with zero attached hydrogens (tertiary/aromatic N) is 1. The maximum Gasteiger partial charge on any atom is 0.260 e. The summed E-state index contributed by atoms with van der Waals surface area (Å²) in [5.74, 6) is 0.888. The van der Waals surface area contributed by atoms with Gasteiger partial charge in [0.05, 0.1) is 19.1 Å². The number of carbonyl (C=O) groups excluding carboxylic acids is 1. The standard InChI is InChI=1S/C18H26N2O2/c21-18(15-22-17-7-3-1-4-8-17)20-13-9-16(10-14-20)19-11-5-2-6-12-19/h1,3-4,7-8,16H,2,5-6,9-15H2/p+1. The Kier molecular flexibility index (Phi) is 5.33. The van der Waals surface area contributed by atoms with Crippen molar-refractivity contribution in [2.24, 2.45) is 0 Å². The Labute approximate surface area is 133 Å². The summed E-state index contributed by atoms with van der Waals surface area (Å²) in [5.41, 5.74) is 0. The third-order valence-electron chi connectivity index (χ3n) is 5.03. The monoisotopic (exact) mass is 303 g/mol. The Morgan fingerprint density at radius 1 is 1.09 bits per heavy atom. The number of quaternary nitrogens is 1. The van der Waals surface area contributed by atoms with Gasteiger partial charge in [-0.2, -0.15) is 0 Å². The van der Waals surface area contributed by atoms with Gasteiger partial charge in [-0.3, -0.25) is 4.79 Å². The van der Waals surface area contributed by atoms with Crippen molar-refractivity contribution in [2.45, 2.75) is 38.1 Å². The van der Waals surface area contributed by atoms with Crippen LogP contribution in [-0.4, -0.2) is 49.6 Å². The van der Waals surface area contributed by atoms with Gasteiger partial charge in [0.2, 0.25) is 0 Å². The topological polar surface area (TPSA) is 34.0 Å². The molecule has 2 saturated heterocycles. The number of carbonyl (C=O) groups is 1. The number of piperidine rings is 2. The zero-order valence-electron chi connectivity index (χ0n) is 13.3. The van der Waals surface area contributed by atoms with Crippen LogP contribution in [-0.2, 0) is 4.79 Å². The first-order valence-corrected chi connectivity index (χ1v) is 8.63. The van der Waals surface area contributed by atoms with E-state index in [-0.39, 0.29) is 12.5 Å². The average Bonchev–Trinajstić information content (AvgIpc) is 2.61. The highest BCUT2D eigenvalue weighted by atomic mass is 16.5. The van der Waals surface area contributed by atoms with Gasteiger partial charge >= 0.3 is 0 Å². The first-order valence-electron chi connectivity index (χ1n) is 8.63. The van der Waals surface area contributed by atoms with E-state index < -0.39 is 0 Å². The van der Waals surface area contributed by atoms with Crippen LogP contribution in [0.1, 0.15) is 32.1 Å². The number of para-hydroxylation sites is 1. The molecule has 0 aromatic heterocycles. The maximum absolute atomic E-state index is 12.2. The van der Waals surface area contributed by atoms with Crippen LogP contribution in [0.5, 0.6) is 5.75 Å². The Morgan fingerprint density at radius 3 is 2.45 bits per heavy atom. The molecule has 0 spiro atoms. The number of amides is 1. The third kappa shape index (κ3) is 4.01. The van der Waals surface area contributed by atoms with Gasteiger partial charge in [0.15, 0.2) is 6.61 Å². The fourth-order valence-corrected chi connectivity index (χ4v) is 3.70. The Balaban J connectivity index is 1.41. The summed E-state index contributed by atoms with van der Waals surface area (Å²) in [4.78, 5) is 16.0. The molecule has 4 nitrogen and oxygen atoms in total. The first-order chi connectivity index (χ1) is 10.8. The molecule has 0 atom stereocenters. The summed E-state index contributed by atoms with van der Waals surface area (Å²) in [6.45, 7) is 4.60. The van der Waals surface area contributed by atoms with Crippen LogP contribution in [0.2, 0.25) is 0 Å². The number of rotatable bonds is 4. The van der Waals surface area contributed by atoms with E-state index >= 15 is 0 Å². The average molecular weight is 303 g/mol. The quantitative estimate of drug-likeness (QED) is 0.904. The van der Waals surface area contributed by atoms with E-state index in [2.05, 4.69) is 0 Å². The molecule has 0 aliphatic carbocycles. The molecule has 2 fully saturated rings. The number of ether oxygens (including phenoxy) is 1. The highest BCUT2D eigenvalue weighted by Crippen LogP contribution is 2.12. The minimum Gasteiger partial charge on any atom is -0.484 e. The van der Waals surface area contributed by atoms with E-state index in [0.29, 0.717) is 0 Å². The fraction of sp³-hybridized carbons (Fsp3) is 0.611. The number of hydrogen-bond acceptors (Lipinski definition) is 2. The highest BCUT2D eigenvalue weighted by Gasteiger charge is 2.30. The van der Waals surface area contributed by atoms with E-state index in [0.717, 1.165) is 37.7 Å². The van der Waals surface area contributed by atoms with Crippen molar-refractivity contribution < 1.29 is 14.4 Å². The number of likely N-dealkylation sites (tertiary alicyclic amines) is 2. The van der Waals surface area contributed by atoms with Crippen LogP contribution in [0.3, 0.4) is 0 Å². The lowest BCUT2D eigenvalue weighted by atomic mass is 10.00. The van der Waals surface area contributed by atoms with E-state index in [9.17, 15) is 4.79 Å². The molecule has 1 aromatic carbocycles. The minimum absolute atomic E-state index is 0.121. The van der Waals surface area contributed by atoms with Crippen molar-refractivity contribution in [3.05, 3.63) is 30.3 Å². The molecule has 0 radical (unpaired) electrons. The van der Waals surface area contributed by atoms with Crippen molar-refractivity contribution in [2.75, 3.05) is 32.8 Å². The van der Waals surface area contributed by atoms with Gasteiger partial charge in [-0.05, 0) is 31.4 Å². The Bertz CT molecular complexity index is 463. The summed E-state index contributed by atoms with van der Waals surface area (Å²) >= 11 is 0. The summed E-state index contributed by atoms with van der Waals surface area (Å²) in [5, 5.41) is 0. The van der Waals surface area contributed by atoms with E-state index in [1.807, 2.05) is 35.2 Å². The van der Waals surface area contributed by atoms with Crippen molar-refractivity contribution in [1.29, 1.82) is 0 Å². The number of nitrogens with one attached hydrogen (secondary N) is 1. The van der Waals surface area contributed by atoms with E-state index in [4.69, 9.17) is 4.74 Å². The summed E-state index contributed by atoms with van der Waals surface area (Å²) in [7, 11) is 0. The smallest absolute Gasteiger partial charge is 0.260 e. The van der Waals surface area contributed by atoms with Crippen LogP contribution in [0.4, 0.5) is 0 Å². The molecular weight excluding hydrogens is 276 g/mol. The van der Waals surface area contributed by atoms with Crippen LogP contribution in [0.15, 0.2) is 30.3 Å². The van der Waals surface area contributed by atoms with Crippen LogP contribution in [0, 0.1) is 0 Å². The Hall–Kier alpha value is -1.55. The molecule has 1 amide bonds. The lowest BCUT2D eigenvalue weighted by Gasteiger charge is -2.37. The summed E-state index contributed by atoms with van der Waals surface area (Å²) < 4.78 is 5.57. The normalized spacial score (nSPS) is 20.8. The minimum atomic E-state index is 0.121. The van der Waals surface area contributed by atoms with E-state index in [1.54, 1.807) is 4.90 Å². The molecule has 3 rings (SSSR count). The summed E-state index contributed by atoms with van der Waals surface area (Å²) in [6.07, 6.45) is 6.44. The van der Waals surface area contributed by atoms with Crippen LogP contribution in [0.25, 0.3) is 0 Å². The van der Waals surface area contributed by atoms with Gasteiger partial charge in [-0.1, -0.05) is 18.2 Å². The van der Waals surface area contributed by atoms with Crippen LogP contribution < -0.4 is 9.64 Å². The lowest BCUT2D eigenvalue weighted by molar-refractivity contribution is -0.931. The van der Waals surface area contributed by atoms with E-state index in [1.165, 1.54) is 32.4 Å². The molecule has 2 aliphatic heterocycles. The first kappa shape index (κ1) is 15.3. The summed E-state index contributed by atoms with van der Waals surface area (Å²) in [6, 6.07) is 10.3. The fourth-order valence-electron chi connectivity index (χ4n) is 3.70. The van der Waals surface area contributed by atoms with Crippen molar-refractivity contribution in [3.63, 3.8) is 0 Å². The van der Waals surface area contributed by atoms with Gasteiger partial charge in [0.1, 0.15) is 5.75 Å². The highest BCUT2D eigenvalue weighted by molar-refractivity contribution is 5.77. The predicted octanol–water partition coefficient (Wildman–Crippen LogP) is 1.13. The molecule has 2 aliphatic rings. The molecule has 4 heteroatoms. The van der Waals surface area contributed by atoms with Crippen LogP contribution >= 0.6 is 0 Å². The molecule has 1 N–H and O–H groups in total. The number of benzene rings is 1. The second-order valence-corrected chi connectivity index (χ2v) is 6.48. The lowest BCUT2D eigenvalue weighted by Crippen LogP contribution is -3.16. The molecule has 0 saturated carbocycles. The molecule has 2 heterocycles. The zero-order chi connectivity index (χ0) is 15.2.